The van der Waals surface area contributed by atoms with Gasteiger partial charge in [-0.2, -0.15) is 0 Å². The second-order valence-electron chi connectivity index (χ2n) is 2.95. The predicted octanol–water partition coefficient (Wildman–Crippen LogP) is 0.771. The van der Waals surface area contributed by atoms with Gasteiger partial charge in [0.15, 0.2) is 0 Å². The molecule has 0 saturated heterocycles. The van der Waals surface area contributed by atoms with Gasteiger partial charge in [0, 0.05) is 12.1 Å². The van der Waals surface area contributed by atoms with Crippen LogP contribution in [0, 0.1) is 0 Å². The molecule has 0 spiro atoms. The van der Waals surface area contributed by atoms with Crippen molar-refractivity contribution in [3.05, 3.63) is 12.2 Å². The Hall–Kier alpha value is -0.340. The third-order valence-corrected chi connectivity index (χ3v) is 2.05. The van der Waals surface area contributed by atoms with Crippen LogP contribution in [-0.4, -0.2) is 12.1 Å². The first-order valence-corrected chi connectivity index (χ1v) is 3.97. The summed E-state index contributed by atoms with van der Waals surface area (Å²) >= 11 is 0. The average Bonchev–Trinajstić information content (AvgIpc) is 1.92. The maximum Gasteiger partial charge on any atom is 0.0195 e. The number of allylic oxidation sites excluding steroid dienone is 2. The zero-order chi connectivity index (χ0) is 7.40. The molecular weight excluding hydrogens is 124 g/mol. The highest BCUT2D eigenvalue weighted by Gasteiger charge is 2.12. The van der Waals surface area contributed by atoms with Crippen LogP contribution in [0.15, 0.2) is 12.2 Å². The number of nitrogens with two attached hydrogens (primary N) is 2. The Balaban J connectivity index is 2.40. The molecule has 0 saturated carbocycles. The molecule has 0 unspecified atom stereocenters. The maximum atomic E-state index is 5.79. The summed E-state index contributed by atoms with van der Waals surface area (Å²) in [6, 6.07) is 0.426. The molecule has 0 fully saturated rings. The van der Waals surface area contributed by atoms with E-state index in [1.165, 1.54) is 0 Å². The Kier molecular flexibility index (Phi) is 2.90. The van der Waals surface area contributed by atoms with E-state index < -0.39 is 0 Å². The number of hydrogen-bond donors (Lipinski definition) is 2. The lowest BCUT2D eigenvalue weighted by atomic mass is 9.97. The summed E-state index contributed by atoms with van der Waals surface area (Å²) in [7, 11) is 0. The Labute approximate surface area is 62.3 Å². The van der Waals surface area contributed by atoms with Crippen LogP contribution in [0.2, 0.25) is 0 Å². The van der Waals surface area contributed by atoms with Crippen LogP contribution in [0.5, 0.6) is 0 Å². The summed E-state index contributed by atoms with van der Waals surface area (Å²) in [4.78, 5) is 0. The van der Waals surface area contributed by atoms with Crippen molar-refractivity contribution >= 4 is 0 Å². The van der Waals surface area contributed by atoms with E-state index in [9.17, 15) is 0 Å². The molecule has 0 aromatic heterocycles. The fourth-order valence-corrected chi connectivity index (χ4v) is 1.24. The lowest BCUT2D eigenvalue weighted by Gasteiger charge is -2.19. The summed E-state index contributed by atoms with van der Waals surface area (Å²) in [6.45, 7) is 0. The van der Waals surface area contributed by atoms with Crippen molar-refractivity contribution in [1.82, 2.24) is 0 Å². The third-order valence-electron chi connectivity index (χ3n) is 2.05. The van der Waals surface area contributed by atoms with E-state index in [1.807, 2.05) is 0 Å². The highest BCUT2D eigenvalue weighted by Crippen LogP contribution is 2.09. The summed E-state index contributed by atoms with van der Waals surface area (Å²) in [6.07, 6.45) is 8.66. The quantitative estimate of drug-likeness (QED) is 0.488. The van der Waals surface area contributed by atoms with E-state index in [1.54, 1.807) is 0 Å². The Morgan fingerprint density at radius 2 is 1.30 bits per heavy atom. The van der Waals surface area contributed by atoms with Gasteiger partial charge in [-0.1, -0.05) is 12.2 Å². The smallest absolute Gasteiger partial charge is 0.0195 e. The monoisotopic (exact) mass is 140 g/mol. The highest BCUT2D eigenvalue weighted by molar-refractivity contribution is 4.90. The number of rotatable bonds is 0. The van der Waals surface area contributed by atoms with Gasteiger partial charge < -0.3 is 11.5 Å². The normalized spacial score (nSPS) is 38.2. The number of hydrogen-bond acceptors (Lipinski definition) is 2. The van der Waals surface area contributed by atoms with Gasteiger partial charge in [-0.25, -0.2) is 0 Å². The lowest BCUT2D eigenvalue weighted by molar-refractivity contribution is 0.468. The summed E-state index contributed by atoms with van der Waals surface area (Å²) in [5, 5.41) is 0. The highest BCUT2D eigenvalue weighted by atomic mass is 14.8. The Morgan fingerprint density at radius 1 is 0.900 bits per heavy atom. The molecule has 4 N–H and O–H groups in total. The van der Waals surface area contributed by atoms with Crippen molar-refractivity contribution in [3.8, 4) is 0 Å². The van der Waals surface area contributed by atoms with Crippen molar-refractivity contribution < 1.29 is 0 Å². The van der Waals surface area contributed by atoms with Crippen LogP contribution in [0.1, 0.15) is 25.7 Å². The van der Waals surface area contributed by atoms with Crippen LogP contribution in [0.4, 0.5) is 0 Å². The first kappa shape index (κ1) is 7.76. The topological polar surface area (TPSA) is 52.0 Å². The first-order chi connectivity index (χ1) is 4.80. The van der Waals surface area contributed by atoms with Gasteiger partial charge in [-0.15, -0.1) is 0 Å². The minimum absolute atomic E-state index is 0.213. The van der Waals surface area contributed by atoms with Crippen LogP contribution in [0.25, 0.3) is 0 Å². The van der Waals surface area contributed by atoms with E-state index in [2.05, 4.69) is 12.2 Å². The minimum Gasteiger partial charge on any atom is -0.326 e. The standard InChI is InChI=1S/C8H16N2/c9-7-5-3-1-2-4-6-8(7)10/h1-2,7-8H,3-6,9-10H2/b2-1-/t7-,8+. The van der Waals surface area contributed by atoms with Crippen molar-refractivity contribution in [2.45, 2.75) is 37.8 Å². The summed E-state index contributed by atoms with van der Waals surface area (Å²) in [5.74, 6) is 0. The van der Waals surface area contributed by atoms with Gasteiger partial charge in [-0.3, -0.25) is 0 Å². The average molecular weight is 140 g/mol. The predicted molar refractivity (Wildman–Crippen MR) is 43.6 cm³/mol. The van der Waals surface area contributed by atoms with Crippen LogP contribution in [-0.2, 0) is 0 Å². The second-order valence-corrected chi connectivity index (χ2v) is 2.95. The molecule has 58 valence electrons. The minimum atomic E-state index is 0.213. The van der Waals surface area contributed by atoms with E-state index in [0.717, 1.165) is 25.7 Å². The second kappa shape index (κ2) is 3.74. The largest absolute Gasteiger partial charge is 0.326 e. The van der Waals surface area contributed by atoms with Crippen molar-refractivity contribution in [2.24, 2.45) is 11.5 Å². The zero-order valence-corrected chi connectivity index (χ0v) is 6.29. The molecule has 0 heterocycles. The molecular formula is C8H16N2. The van der Waals surface area contributed by atoms with Crippen LogP contribution < -0.4 is 11.5 Å². The molecule has 10 heavy (non-hydrogen) atoms. The maximum absolute atomic E-state index is 5.79. The van der Waals surface area contributed by atoms with Gasteiger partial charge in [0.1, 0.15) is 0 Å². The van der Waals surface area contributed by atoms with Crippen molar-refractivity contribution in [2.75, 3.05) is 0 Å². The fourth-order valence-electron chi connectivity index (χ4n) is 1.24. The Morgan fingerprint density at radius 3 is 1.70 bits per heavy atom. The van der Waals surface area contributed by atoms with Gasteiger partial charge in [0.2, 0.25) is 0 Å². The molecule has 1 aliphatic rings. The molecule has 0 amide bonds. The van der Waals surface area contributed by atoms with Gasteiger partial charge in [0.25, 0.3) is 0 Å². The molecule has 0 bridgehead atoms. The van der Waals surface area contributed by atoms with E-state index in [-0.39, 0.29) is 12.1 Å². The van der Waals surface area contributed by atoms with Crippen LogP contribution in [0.3, 0.4) is 0 Å². The molecule has 0 aliphatic heterocycles. The van der Waals surface area contributed by atoms with E-state index in [4.69, 9.17) is 11.5 Å². The zero-order valence-electron chi connectivity index (χ0n) is 6.29. The van der Waals surface area contributed by atoms with Gasteiger partial charge in [0.05, 0.1) is 0 Å². The summed E-state index contributed by atoms with van der Waals surface area (Å²) < 4.78 is 0. The molecule has 2 atom stereocenters. The molecule has 2 nitrogen and oxygen atoms in total. The van der Waals surface area contributed by atoms with Crippen molar-refractivity contribution in [3.63, 3.8) is 0 Å². The van der Waals surface area contributed by atoms with Crippen LogP contribution >= 0.6 is 0 Å². The van der Waals surface area contributed by atoms with E-state index in [0.29, 0.717) is 0 Å². The Bertz CT molecular complexity index is 106. The molecule has 1 aliphatic carbocycles. The van der Waals surface area contributed by atoms with Gasteiger partial charge in [-0.05, 0) is 25.7 Å². The SMILES string of the molecule is N[C@@H]1CC/C=C\CC[C@@H]1N. The lowest BCUT2D eigenvalue weighted by Crippen LogP contribution is -2.41. The molecule has 0 aromatic rings. The molecule has 2 heteroatoms. The summed E-state index contributed by atoms with van der Waals surface area (Å²) in [5.41, 5.74) is 11.6. The molecule has 0 radical (unpaired) electrons. The van der Waals surface area contributed by atoms with E-state index >= 15 is 0 Å². The third kappa shape index (κ3) is 2.12. The fraction of sp³-hybridized carbons (Fsp3) is 0.750. The molecule has 1 rings (SSSR count). The van der Waals surface area contributed by atoms with Gasteiger partial charge >= 0.3 is 0 Å². The van der Waals surface area contributed by atoms with Crippen molar-refractivity contribution in [1.29, 1.82) is 0 Å². The molecule has 0 aromatic carbocycles. The first-order valence-electron chi connectivity index (χ1n) is 3.97.